The third-order valence-electron chi connectivity index (χ3n) is 3.45. The maximum atomic E-state index is 6.15. The molecule has 3 heteroatoms. The summed E-state index contributed by atoms with van der Waals surface area (Å²) in [6.45, 7) is 4.92. The zero-order chi connectivity index (χ0) is 14.5. The van der Waals surface area contributed by atoms with Crippen LogP contribution in [0.3, 0.4) is 0 Å². The van der Waals surface area contributed by atoms with E-state index in [1.165, 1.54) is 5.56 Å². The second-order valence-electron chi connectivity index (χ2n) is 4.93. The molecule has 0 saturated heterocycles. The van der Waals surface area contributed by atoms with Crippen LogP contribution >= 0.6 is 11.6 Å². The van der Waals surface area contributed by atoms with Crippen molar-refractivity contribution < 1.29 is 4.74 Å². The normalized spacial score (nSPS) is 12.2. The molecule has 0 aliphatic carbocycles. The fraction of sp³-hybridized carbons (Fsp3) is 0.294. The van der Waals surface area contributed by atoms with Gasteiger partial charge in [-0.25, -0.2) is 0 Å². The number of benzene rings is 2. The minimum absolute atomic E-state index is 0.214. The summed E-state index contributed by atoms with van der Waals surface area (Å²) in [5.74, 6) is 0.912. The summed E-state index contributed by atoms with van der Waals surface area (Å²) in [5.41, 5.74) is 3.45. The average molecular weight is 290 g/mol. The Labute approximate surface area is 125 Å². The van der Waals surface area contributed by atoms with Crippen LogP contribution in [0, 0.1) is 6.92 Å². The topological polar surface area (TPSA) is 21.3 Å². The molecule has 0 saturated carbocycles. The van der Waals surface area contributed by atoms with Crippen molar-refractivity contribution in [2.75, 3.05) is 7.11 Å². The molecule has 0 bridgehead atoms. The predicted molar refractivity (Wildman–Crippen MR) is 84.4 cm³/mol. The van der Waals surface area contributed by atoms with Gasteiger partial charge in [0.1, 0.15) is 5.75 Å². The van der Waals surface area contributed by atoms with Crippen molar-refractivity contribution in [1.82, 2.24) is 5.32 Å². The second kappa shape index (κ2) is 6.78. The van der Waals surface area contributed by atoms with Gasteiger partial charge in [-0.3, -0.25) is 0 Å². The Balaban J connectivity index is 2.04. The van der Waals surface area contributed by atoms with Crippen molar-refractivity contribution in [3.05, 3.63) is 64.2 Å². The van der Waals surface area contributed by atoms with Crippen molar-refractivity contribution >= 4 is 11.6 Å². The van der Waals surface area contributed by atoms with Crippen molar-refractivity contribution in [2.24, 2.45) is 0 Å². The van der Waals surface area contributed by atoms with E-state index in [0.717, 1.165) is 28.4 Å². The van der Waals surface area contributed by atoms with E-state index in [1.54, 1.807) is 7.11 Å². The number of hydrogen-bond acceptors (Lipinski definition) is 2. The van der Waals surface area contributed by atoms with E-state index in [9.17, 15) is 0 Å². The number of rotatable bonds is 5. The minimum Gasteiger partial charge on any atom is -0.496 e. The zero-order valence-electron chi connectivity index (χ0n) is 12.1. The van der Waals surface area contributed by atoms with Gasteiger partial charge in [0.2, 0.25) is 0 Å². The molecule has 0 aliphatic rings. The van der Waals surface area contributed by atoms with E-state index in [2.05, 4.69) is 24.4 Å². The fourth-order valence-corrected chi connectivity index (χ4v) is 2.35. The number of hydrogen-bond donors (Lipinski definition) is 1. The van der Waals surface area contributed by atoms with Crippen molar-refractivity contribution in [3.63, 3.8) is 0 Å². The number of halogens is 1. The molecule has 0 aliphatic heterocycles. The van der Waals surface area contributed by atoms with E-state index in [4.69, 9.17) is 16.3 Å². The van der Waals surface area contributed by atoms with Gasteiger partial charge in [-0.05, 0) is 37.1 Å². The maximum absolute atomic E-state index is 6.15. The van der Waals surface area contributed by atoms with Crippen molar-refractivity contribution in [2.45, 2.75) is 26.4 Å². The van der Waals surface area contributed by atoms with Crippen LogP contribution in [-0.4, -0.2) is 7.11 Å². The molecule has 0 spiro atoms. The molecule has 0 aromatic heterocycles. The van der Waals surface area contributed by atoms with Gasteiger partial charge in [0, 0.05) is 23.2 Å². The van der Waals surface area contributed by atoms with Crippen LogP contribution in [-0.2, 0) is 6.54 Å². The monoisotopic (exact) mass is 289 g/mol. The Morgan fingerprint density at radius 2 is 1.95 bits per heavy atom. The molecule has 0 radical (unpaired) electrons. The van der Waals surface area contributed by atoms with E-state index in [1.807, 2.05) is 37.3 Å². The Hall–Kier alpha value is -1.51. The standard InChI is InChI=1S/C17H20ClNO/c1-12-8-9-14(10-16(12)18)11-19-13(2)15-6-4-5-7-17(15)20-3/h4-10,13,19H,11H2,1-3H3/t13-/m1/s1. The number of aryl methyl sites for hydroxylation is 1. The highest BCUT2D eigenvalue weighted by Crippen LogP contribution is 2.25. The minimum atomic E-state index is 0.214. The van der Waals surface area contributed by atoms with Gasteiger partial charge in [-0.1, -0.05) is 41.9 Å². The third kappa shape index (κ3) is 3.53. The zero-order valence-corrected chi connectivity index (χ0v) is 12.9. The Bertz CT molecular complexity index is 583. The van der Waals surface area contributed by atoms with Gasteiger partial charge in [-0.2, -0.15) is 0 Å². The Kier molecular flexibility index (Phi) is 5.05. The molecular formula is C17H20ClNO. The van der Waals surface area contributed by atoms with Crippen LogP contribution in [0.2, 0.25) is 5.02 Å². The van der Waals surface area contributed by atoms with Gasteiger partial charge in [0.25, 0.3) is 0 Å². The van der Waals surface area contributed by atoms with Crippen LogP contribution in [0.15, 0.2) is 42.5 Å². The summed E-state index contributed by atoms with van der Waals surface area (Å²) in [4.78, 5) is 0. The molecular weight excluding hydrogens is 270 g/mol. The first kappa shape index (κ1) is 14.9. The van der Waals surface area contributed by atoms with Gasteiger partial charge < -0.3 is 10.1 Å². The first-order chi connectivity index (χ1) is 9.61. The van der Waals surface area contributed by atoms with Gasteiger partial charge in [0.15, 0.2) is 0 Å². The summed E-state index contributed by atoms with van der Waals surface area (Å²) in [6, 6.07) is 14.4. The number of methoxy groups -OCH3 is 1. The Morgan fingerprint density at radius 3 is 2.65 bits per heavy atom. The third-order valence-corrected chi connectivity index (χ3v) is 3.86. The maximum Gasteiger partial charge on any atom is 0.123 e. The van der Waals surface area contributed by atoms with Crippen LogP contribution in [0.4, 0.5) is 0 Å². The molecule has 2 rings (SSSR count). The lowest BCUT2D eigenvalue weighted by Crippen LogP contribution is -2.18. The second-order valence-corrected chi connectivity index (χ2v) is 5.34. The lowest BCUT2D eigenvalue weighted by atomic mass is 10.1. The van der Waals surface area contributed by atoms with Crippen LogP contribution in [0.1, 0.15) is 29.7 Å². The first-order valence-electron chi connectivity index (χ1n) is 6.73. The molecule has 0 fully saturated rings. The van der Waals surface area contributed by atoms with Crippen LogP contribution in [0.25, 0.3) is 0 Å². The summed E-state index contributed by atoms with van der Waals surface area (Å²) in [7, 11) is 1.70. The molecule has 2 aromatic rings. The van der Waals surface area contributed by atoms with Gasteiger partial charge in [-0.15, -0.1) is 0 Å². The molecule has 0 heterocycles. The molecule has 106 valence electrons. The van der Waals surface area contributed by atoms with E-state index < -0.39 is 0 Å². The van der Waals surface area contributed by atoms with Gasteiger partial charge in [0.05, 0.1) is 7.11 Å². The molecule has 1 atom stereocenters. The van der Waals surface area contributed by atoms with E-state index in [-0.39, 0.29) is 6.04 Å². The number of nitrogens with one attached hydrogen (secondary N) is 1. The average Bonchev–Trinajstić information content (AvgIpc) is 2.48. The van der Waals surface area contributed by atoms with Gasteiger partial charge >= 0.3 is 0 Å². The van der Waals surface area contributed by atoms with Crippen molar-refractivity contribution in [3.8, 4) is 5.75 Å². The Morgan fingerprint density at radius 1 is 1.20 bits per heavy atom. The highest BCUT2D eigenvalue weighted by atomic mass is 35.5. The molecule has 20 heavy (non-hydrogen) atoms. The molecule has 0 unspecified atom stereocenters. The highest BCUT2D eigenvalue weighted by Gasteiger charge is 2.10. The summed E-state index contributed by atoms with van der Waals surface area (Å²) in [5, 5.41) is 4.31. The quantitative estimate of drug-likeness (QED) is 0.874. The molecule has 2 aromatic carbocycles. The van der Waals surface area contributed by atoms with E-state index >= 15 is 0 Å². The molecule has 0 amide bonds. The lowest BCUT2D eigenvalue weighted by Gasteiger charge is -2.17. The number of para-hydroxylation sites is 1. The van der Waals surface area contributed by atoms with E-state index in [0.29, 0.717) is 0 Å². The van der Waals surface area contributed by atoms with Crippen LogP contribution < -0.4 is 10.1 Å². The van der Waals surface area contributed by atoms with Crippen LogP contribution in [0.5, 0.6) is 5.75 Å². The smallest absolute Gasteiger partial charge is 0.123 e. The molecule has 1 N–H and O–H groups in total. The SMILES string of the molecule is COc1ccccc1[C@@H](C)NCc1ccc(C)c(Cl)c1. The summed E-state index contributed by atoms with van der Waals surface area (Å²) >= 11 is 6.15. The fourth-order valence-electron chi connectivity index (χ4n) is 2.15. The lowest BCUT2D eigenvalue weighted by molar-refractivity contribution is 0.401. The number of ether oxygens (including phenoxy) is 1. The highest BCUT2D eigenvalue weighted by molar-refractivity contribution is 6.31. The predicted octanol–water partition coefficient (Wildman–Crippen LogP) is 4.51. The first-order valence-corrected chi connectivity index (χ1v) is 7.11. The summed E-state index contributed by atoms with van der Waals surface area (Å²) < 4.78 is 5.39. The van der Waals surface area contributed by atoms with Crippen molar-refractivity contribution in [1.29, 1.82) is 0 Å². The summed E-state index contributed by atoms with van der Waals surface area (Å²) in [6.07, 6.45) is 0. The molecule has 2 nitrogen and oxygen atoms in total. The largest absolute Gasteiger partial charge is 0.496 e.